The van der Waals surface area contributed by atoms with Crippen molar-refractivity contribution >= 4 is 5.97 Å². The molecule has 0 spiro atoms. The lowest BCUT2D eigenvalue weighted by molar-refractivity contribution is -0.136. The number of hydrogen-bond donors (Lipinski definition) is 1. The minimum atomic E-state index is -0.741. The standard InChI is InChI=1S/C22H32O2/c1-2-3-4-5-6-7-8-9-10-11-12-13-14-15-16-17-18-19-20-21-22(23)24/h3-4,6-7,9-10,12-13,15-16,18-19H,2,5,8,11,14,17,20-21H2,1H3,(H,23,24)/b4-3-,7-6+,10-9+,13-12+,16-15+,19-18-. The molecule has 0 unspecified atom stereocenters. The Bertz CT molecular complexity index is 462. The van der Waals surface area contributed by atoms with Crippen LogP contribution in [0.25, 0.3) is 0 Å². The van der Waals surface area contributed by atoms with Crippen molar-refractivity contribution in [2.24, 2.45) is 0 Å². The van der Waals surface area contributed by atoms with Crippen LogP contribution >= 0.6 is 0 Å². The fourth-order valence-corrected chi connectivity index (χ4v) is 1.85. The second-order valence-corrected chi connectivity index (χ2v) is 5.35. The molecule has 0 bridgehead atoms. The zero-order chi connectivity index (χ0) is 17.7. The molecule has 0 saturated carbocycles. The number of carboxylic acid groups (broad SMARTS) is 1. The highest BCUT2D eigenvalue weighted by Gasteiger charge is 1.90. The summed E-state index contributed by atoms with van der Waals surface area (Å²) in [5.74, 6) is -0.741. The van der Waals surface area contributed by atoms with Crippen LogP contribution < -0.4 is 0 Å². The Morgan fingerprint density at radius 2 is 0.958 bits per heavy atom. The van der Waals surface area contributed by atoms with Gasteiger partial charge in [0.05, 0.1) is 0 Å². The molecule has 2 nitrogen and oxygen atoms in total. The summed E-state index contributed by atoms with van der Waals surface area (Å²) in [6.45, 7) is 2.15. The molecule has 0 fully saturated rings. The zero-order valence-corrected chi connectivity index (χ0v) is 14.9. The highest BCUT2D eigenvalue weighted by Crippen LogP contribution is 1.97. The molecule has 0 aliphatic carbocycles. The largest absolute Gasteiger partial charge is 0.481 e. The molecular weight excluding hydrogens is 296 g/mol. The van der Waals surface area contributed by atoms with E-state index in [9.17, 15) is 4.79 Å². The highest BCUT2D eigenvalue weighted by molar-refractivity contribution is 5.66. The van der Waals surface area contributed by atoms with Gasteiger partial charge in [0, 0.05) is 6.42 Å². The van der Waals surface area contributed by atoms with Crippen molar-refractivity contribution in [2.75, 3.05) is 0 Å². The molecule has 0 aromatic carbocycles. The van der Waals surface area contributed by atoms with Crippen molar-refractivity contribution in [3.8, 4) is 0 Å². The lowest BCUT2D eigenvalue weighted by Gasteiger charge is -1.87. The topological polar surface area (TPSA) is 37.3 Å². The highest BCUT2D eigenvalue weighted by atomic mass is 16.4. The van der Waals surface area contributed by atoms with E-state index in [1.165, 1.54) is 0 Å². The molecular formula is C22H32O2. The molecule has 0 aromatic rings. The fraction of sp³-hybridized carbons (Fsp3) is 0.409. The molecule has 1 N–H and O–H groups in total. The van der Waals surface area contributed by atoms with Crippen LogP contribution in [0.15, 0.2) is 72.9 Å². The van der Waals surface area contributed by atoms with Gasteiger partial charge in [-0.25, -0.2) is 0 Å². The molecule has 0 saturated heterocycles. The van der Waals surface area contributed by atoms with Crippen LogP contribution in [0.1, 0.15) is 58.3 Å². The molecule has 0 heterocycles. The molecule has 0 amide bonds. The van der Waals surface area contributed by atoms with E-state index in [-0.39, 0.29) is 6.42 Å². The summed E-state index contributed by atoms with van der Waals surface area (Å²) in [5, 5.41) is 8.49. The van der Waals surface area contributed by atoms with Crippen molar-refractivity contribution in [3.05, 3.63) is 72.9 Å². The van der Waals surface area contributed by atoms with Crippen LogP contribution in [0.3, 0.4) is 0 Å². The summed E-state index contributed by atoms with van der Waals surface area (Å²) in [4.78, 5) is 10.3. The first-order valence-corrected chi connectivity index (χ1v) is 8.89. The van der Waals surface area contributed by atoms with E-state index in [2.05, 4.69) is 67.7 Å². The monoisotopic (exact) mass is 328 g/mol. The minimum Gasteiger partial charge on any atom is -0.481 e. The quantitative estimate of drug-likeness (QED) is 0.367. The van der Waals surface area contributed by atoms with Gasteiger partial charge in [0.1, 0.15) is 0 Å². The average molecular weight is 328 g/mol. The van der Waals surface area contributed by atoms with Gasteiger partial charge < -0.3 is 5.11 Å². The second-order valence-electron chi connectivity index (χ2n) is 5.35. The van der Waals surface area contributed by atoms with Crippen LogP contribution in [0.5, 0.6) is 0 Å². The van der Waals surface area contributed by atoms with E-state index in [1.807, 2.05) is 12.2 Å². The number of aliphatic carboxylic acids is 1. The van der Waals surface area contributed by atoms with Crippen LogP contribution in [0.2, 0.25) is 0 Å². The third kappa shape index (κ3) is 19.9. The van der Waals surface area contributed by atoms with Crippen molar-refractivity contribution < 1.29 is 9.90 Å². The number of hydrogen-bond acceptors (Lipinski definition) is 1. The summed E-state index contributed by atoms with van der Waals surface area (Å²) in [7, 11) is 0. The predicted octanol–water partition coefficient (Wildman–Crippen LogP) is 6.55. The van der Waals surface area contributed by atoms with Crippen molar-refractivity contribution in [2.45, 2.75) is 58.3 Å². The van der Waals surface area contributed by atoms with Gasteiger partial charge in [-0.05, 0) is 44.9 Å². The summed E-state index contributed by atoms with van der Waals surface area (Å²) in [5.41, 5.74) is 0. The maximum Gasteiger partial charge on any atom is 0.303 e. The molecule has 2 heteroatoms. The summed E-state index contributed by atoms with van der Waals surface area (Å²) in [6, 6.07) is 0. The normalized spacial score (nSPS) is 13.0. The van der Waals surface area contributed by atoms with Crippen molar-refractivity contribution in [1.82, 2.24) is 0 Å². The fourth-order valence-electron chi connectivity index (χ4n) is 1.85. The Balaban J connectivity index is 3.51. The summed E-state index contributed by atoms with van der Waals surface area (Å²) in [6.07, 6.45) is 32.5. The van der Waals surface area contributed by atoms with Crippen LogP contribution in [0.4, 0.5) is 0 Å². The van der Waals surface area contributed by atoms with Gasteiger partial charge in [-0.1, -0.05) is 79.8 Å². The van der Waals surface area contributed by atoms with Crippen molar-refractivity contribution in [1.29, 1.82) is 0 Å². The van der Waals surface area contributed by atoms with Gasteiger partial charge in [-0.2, -0.15) is 0 Å². The number of rotatable bonds is 14. The Kier molecular flexibility index (Phi) is 17.3. The first-order valence-electron chi connectivity index (χ1n) is 8.89. The predicted molar refractivity (Wildman–Crippen MR) is 105 cm³/mol. The van der Waals surface area contributed by atoms with Crippen LogP contribution in [-0.4, -0.2) is 11.1 Å². The Hall–Kier alpha value is -2.09. The maximum atomic E-state index is 10.3. The van der Waals surface area contributed by atoms with E-state index in [0.29, 0.717) is 6.42 Å². The van der Waals surface area contributed by atoms with Gasteiger partial charge in [-0.15, -0.1) is 0 Å². The Morgan fingerprint density at radius 3 is 1.29 bits per heavy atom. The summed E-state index contributed by atoms with van der Waals surface area (Å²) >= 11 is 0. The van der Waals surface area contributed by atoms with Crippen LogP contribution in [0, 0.1) is 0 Å². The number of carbonyl (C=O) groups is 1. The van der Waals surface area contributed by atoms with Gasteiger partial charge in [0.2, 0.25) is 0 Å². The molecule has 0 radical (unpaired) electrons. The smallest absolute Gasteiger partial charge is 0.303 e. The molecule has 0 aliphatic heterocycles. The molecule has 0 aromatic heterocycles. The van der Waals surface area contributed by atoms with Crippen LogP contribution in [-0.2, 0) is 4.79 Å². The third-order valence-electron chi connectivity index (χ3n) is 3.12. The van der Waals surface area contributed by atoms with E-state index in [4.69, 9.17) is 5.11 Å². The van der Waals surface area contributed by atoms with E-state index >= 15 is 0 Å². The van der Waals surface area contributed by atoms with Gasteiger partial charge in [0.15, 0.2) is 0 Å². The molecule has 0 rings (SSSR count). The third-order valence-corrected chi connectivity index (χ3v) is 3.12. The SMILES string of the molecule is CC/C=C\C/C=C/C/C=C/C/C=C/C/C=C/C/C=C\CCC(=O)O. The van der Waals surface area contributed by atoms with Crippen molar-refractivity contribution in [3.63, 3.8) is 0 Å². The molecule has 132 valence electrons. The maximum absolute atomic E-state index is 10.3. The van der Waals surface area contributed by atoms with E-state index < -0.39 is 5.97 Å². The Morgan fingerprint density at radius 1 is 0.625 bits per heavy atom. The number of allylic oxidation sites excluding steroid dienone is 12. The molecule has 0 atom stereocenters. The van der Waals surface area contributed by atoms with E-state index in [0.717, 1.165) is 38.5 Å². The molecule has 0 aliphatic rings. The second kappa shape index (κ2) is 19.0. The number of carboxylic acids is 1. The van der Waals surface area contributed by atoms with Gasteiger partial charge >= 0.3 is 5.97 Å². The van der Waals surface area contributed by atoms with Gasteiger partial charge in [-0.3, -0.25) is 4.79 Å². The van der Waals surface area contributed by atoms with Gasteiger partial charge in [0.25, 0.3) is 0 Å². The zero-order valence-electron chi connectivity index (χ0n) is 14.9. The summed E-state index contributed by atoms with van der Waals surface area (Å²) < 4.78 is 0. The first-order chi connectivity index (χ1) is 11.8. The lowest BCUT2D eigenvalue weighted by Crippen LogP contribution is -1.91. The lowest BCUT2D eigenvalue weighted by atomic mass is 10.2. The van der Waals surface area contributed by atoms with E-state index in [1.54, 1.807) is 0 Å². The first kappa shape index (κ1) is 21.9. The Labute approximate surface area is 147 Å². The minimum absolute atomic E-state index is 0.210. The average Bonchev–Trinajstić information content (AvgIpc) is 2.56. The molecule has 24 heavy (non-hydrogen) atoms.